The molecule has 11 nitrogen and oxygen atoms in total. The van der Waals surface area contributed by atoms with Gasteiger partial charge >= 0.3 is 6.09 Å². The fourth-order valence-electron chi connectivity index (χ4n) is 6.13. The minimum Gasteiger partial charge on any atom is -0.444 e. The number of nitrogens with zero attached hydrogens (tertiary/aromatic N) is 6. The molecule has 1 N–H and O–H groups in total. The summed E-state index contributed by atoms with van der Waals surface area (Å²) in [4.78, 5) is 55.4. The first-order valence-corrected chi connectivity index (χ1v) is 15.3. The third kappa shape index (κ3) is 5.40. The third-order valence-electron chi connectivity index (χ3n) is 8.44. The van der Waals surface area contributed by atoms with Crippen LogP contribution in [0.4, 0.5) is 33.5 Å². The molecule has 2 amide bonds. The molecule has 0 fully saturated rings. The van der Waals surface area contributed by atoms with Crippen molar-refractivity contribution in [3.8, 4) is 0 Å². The second-order valence-electron chi connectivity index (χ2n) is 11.5. The van der Waals surface area contributed by atoms with Crippen molar-refractivity contribution in [2.75, 3.05) is 41.8 Å². The number of pyridine rings is 1. The Bertz CT molecular complexity index is 2030. The van der Waals surface area contributed by atoms with Gasteiger partial charge in [-0.05, 0) is 54.8 Å². The van der Waals surface area contributed by atoms with Crippen LogP contribution in [0.3, 0.4) is 0 Å². The van der Waals surface area contributed by atoms with Gasteiger partial charge in [0, 0.05) is 56.1 Å². The lowest BCUT2D eigenvalue weighted by Gasteiger charge is -2.38. The highest BCUT2D eigenvalue weighted by molar-refractivity contribution is 5.97. The molecule has 0 saturated heterocycles. The van der Waals surface area contributed by atoms with Crippen LogP contribution in [0.1, 0.15) is 27.9 Å². The number of amides is 2. The molecule has 46 heavy (non-hydrogen) atoms. The summed E-state index contributed by atoms with van der Waals surface area (Å²) in [7, 11) is 1.76. The maximum Gasteiger partial charge on any atom is 0.414 e. The van der Waals surface area contributed by atoms with Gasteiger partial charge in [0.1, 0.15) is 17.9 Å². The number of anilines is 5. The largest absolute Gasteiger partial charge is 0.444 e. The highest BCUT2D eigenvalue weighted by Crippen LogP contribution is 2.40. The van der Waals surface area contributed by atoms with E-state index in [1.807, 2.05) is 78.6 Å². The third-order valence-corrected chi connectivity index (χ3v) is 8.44. The summed E-state index contributed by atoms with van der Waals surface area (Å²) in [6.45, 7) is 3.62. The van der Waals surface area contributed by atoms with Gasteiger partial charge < -0.3 is 19.9 Å². The first-order valence-electron chi connectivity index (χ1n) is 15.3. The molecule has 0 atom stereocenters. The summed E-state index contributed by atoms with van der Waals surface area (Å²) in [6.07, 6.45) is 1.81. The van der Waals surface area contributed by atoms with Crippen molar-refractivity contribution in [2.24, 2.45) is 0 Å². The van der Waals surface area contributed by atoms with E-state index < -0.39 is 6.09 Å². The number of benzene rings is 3. The lowest BCUT2D eigenvalue weighted by molar-refractivity contribution is 0.0792. The molecule has 0 radical (unpaired) electrons. The van der Waals surface area contributed by atoms with Crippen molar-refractivity contribution in [1.29, 1.82) is 0 Å². The maximum absolute atomic E-state index is 14.3. The second-order valence-corrected chi connectivity index (χ2v) is 11.5. The molecule has 0 spiro atoms. The number of aryl methyl sites for hydroxylation is 2. The second kappa shape index (κ2) is 12.0. The Balaban J connectivity index is 1.27. The fourth-order valence-corrected chi connectivity index (χ4v) is 6.13. The quantitative estimate of drug-likeness (QED) is 0.279. The van der Waals surface area contributed by atoms with Crippen LogP contribution < -0.4 is 20.7 Å². The van der Waals surface area contributed by atoms with Crippen molar-refractivity contribution in [3.63, 3.8) is 0 Å². The minimum absolute atomic E-state index is 0.103. The molecule has 232 valence electrons. The molecule has 2 aliphatic heterocycles. The van der Waals surface area contributed by atoms with Gasteiger partial charge in [0.2, 0.25) is 5.95 Å². The predicted octanol–water partition coefficient (Wildman–Crippen LogP) is 5.61. The van der Waals surface area contributed by atoms with E-state index in [2.05, 4.69) is 10.3 Å². The monoisotopic (exact) mass is 615 g/mol. The van der Waals surface area contributed by atoms with Crippen LogP contribution in [-0.4, -0.2) is 58.1 Å². The van der Waals surface area contributed by atoms with Gasteiger partial charge in [-0.2, -0.15) is 4.98 Å². The predicted molar refractivity (Wildman–Crippen MR) is 177 cm³/mol. The summed E-state index contributed by atoms with van der Waals surface area (Å²) in [5, 5.41) is 3.89. The average Bonchev–Trinajstić information content (AvgIpc) is 3.08. The molecule has 3 aromatic carbocycles. The van der Waals surface area contributed by atoms with Crippen LogP contribution in [0.25, 0.3) is 11.0 Å². The normalized spacial score (nSPS) is 14.7. The van der Waals surface area contributed by atoms with Crippen LogP contribution in [0, 0.1) is 6.92 Å². The van der Waals surface area contributed by atoms with Gasteiger partial charge in [-0.1, -0.05) is 48.5 Å². The number of aromatic nitrogens is 3. The summed E-state index contributed by atoms with van der Waals surface area (Å²) < 4.78 is 7.37. The van der Waals surface area contributed by atoms with E-state index >= 15 is 0 Å². The summed E-state index contributed by atoms with van der Waals surface area (Å²) in [5.74, 6) is 0.225. The number of ether oxygens (including phenoxy) is 1. The molecule has 7 rings (SSSR count). The summed E-state index contributed by atoms with van der Waals surface area (Å²) >= 11 is 0. The van der Waals surface area contributed by atoms with E-state index in [0.29, 0.717) is 72.2 Å². The fraction of sp³-hybridized carbons (Fsp3) is 0.229. The van der Waals surface area contributed by atoms with Crippen molar-refractivity contribution in [2.45, 2.75) is 26.5 Å². The lowest BCUT2D eigenvalue weighted by Crippen LogP contribution is -2.44. The van der Waals surface area contributed by atoms with Gasteiger partial charge in [0.15, 0.2) is 0 Å². The highest BCUT2D eigenvalue weighted by atomic mass is 16.6. The number of hydrogen-bond acceptors (Lipinski definition) is 8. The Morgan fingerprint density at radius 3 is 2.59 bits per heavy atom. The van der Waals surface area contributed by atoms with Crippen molar-refractivity contribution in [3.05, 3.63) is 112 Å². The van der Waals surface area contributed by atoms with E-state index in [4.69, 9.17) is 9.72 Å². The molecular weight excluding hydrogens is 582 g/mol. The SMILES string of the molecule is Cc1cccc2c1N(C(=O)OCc1ccccc1)CCN2c1cc2cnc3nc2n(c1=O)CCCN(C)C(=O)c1cccc(c1)N3. The van der Waals surface area contributed by atoms with E-state index in [-0.39, 0.29) is 18.1 Å². The maximum atomic E-state index is 14.3. The van der Waals surface area contributed by atoms with E-state index in [0.717, 1.165) is 16.8 Å². The van der Waals surface area contributed by atoms with Crippen LogP contribution in [-0.2, 0) is 17.9 Å². The number of fused-ring (bicyclic) bond motifs is 4. The number of hydrogen-bond donors (Lipinski definition) is 1. The summed E-state index contributed by atoms with van der Waals surface area (Å²) in [5.41, 5.74) is 5.22. The van der Waals surface area contributed by atoms with Crippen molar-refractivity contribution < 1.29 is 14.3 Å². The number of para-hydroxylation sites is 1. The molecular formula is C35H33N7O4. The molecule has 0 saturated carbocycles. The van der Waals surface area contributed by atoms with Gasteiger partial charge in [-0.25, -0.2) is 9.78 Å². The Morgan fingerprint density at radius 1 is 0.913 bits per heavy atom. The lowest BCUT2D eigenvalue weighted by atomic mass is 10.1. The number of carbonyl (C=O) groups is 2. The van der Waals surface area contributed by atoms with Gasteiger partial charge in [-0.15, -0.1) is 0 Å². The standard InChI is InChI=1S/C35H33N7O4/c1-23-9-6-14-28-30(23)41(35(45)46-22-24-10-4-3-5-11-24)18-17-40(28)29-20-26-21-36-34-37-27-13-7-12-25(19-27)32(43)39(2)15-8-16-42(33(29)44)31(26)38-34/h3-7,9-14,19-21H,8,15-18,22H2,1-2H3,(H,36,37,38). The highest BCUT2D eigenvalue weighted by Gasteiger charge is 2.32. The Hall–Kier alpha value is -5.71. The smallest absolute Gasteiger partial charge is 0.414 e. The molecule has 0 aliphatic carbocycles. The van der Waals surface area contributed by atoms with E-state index in [9.17, 15) is 14.4 Å². The van der Waals surface area contributed by atoms with Crippen LogP contribution in [0.5, 0.6) is 0 Å². The van der Waals surface area contributed by atoms with Gasteiger partial charge in [0.05, 0.1) is 11.4 Å². The topological polar surface area (TPSA) is 113 Å². The van der Waals surface area contributed by atoms with Gasteiger partial charge in [0.25, 0.3) is 11.5 Å². The minimum atomic E-state index is -0.440. The molecule has 11 heteroatoms. The Labute approximate surface area is 265 Å². The zero-order valence-corrected chi connectivity index (χ0v) is 25.6. The number of rotatable bonds is 3. The van der Waals surface area contributed by atoms with Crippen molar-refractivity contribution in [1.82, 2.24) is 19.4 Å². The zero-order valence-electron chi connectivity index (χ0n) is 25.6. The van der Waals surface area contributed by atoms with E-state index in [1.165, 1.54) is 0 Å². The first kappa shape index (κ1) is 29.0. The zero-order chi connectivity index (χ0) is 31.8. The average molecular weight is 616 g/mol. The number of nitrogens with one attached hydrogen (secondary N) is 1. The molecule has 4 heterocycles. The molecule has 2 aliphatic rings. The van der Waals surface area contributed by atoms with Crippen LogP contribution >= 0.6 is 0 Å². The van der Waals surface area contributed by atoms with Gasteiger partial charge in [-0.3, -0.25) is 19.1 Å². The van der Waals surface area contributed by atoms with Crippen molar-refractivity contribution >= 4 is 51.7 Å². The summed E-state index contributed by atoms with van der Waals surface area (Å²) in [6, 6.07) is 24.4. The van der Waals surface area contributed by atoms with E-state index in [1.54, 1.807) is 39.7 Å². The molecule has 0 unspecified atom stereocenters. The molecule has 5 aromatic rings. The molecule has 2 aromatic heterocycles. The Kier molecular flexibility index (Phi) is 7.57. The Morgan fingerprint density at radius 2 is 1.74 bits per heavy atom. The van der Waals surface area contributed by atoms with Crippen LogP contribution in [0.2, 0.25) is 0 Å². The molecule has 4 bridgehead atoms. The van der Waals surface area contributed by atoms with Crippen LogP contribution in [0.15, 0.2) is 89.9 Å². The first-order chi connectivity index (χ1) is 22.4. The number of carbonyl (C=O) groups excluding carboxylic acids is 2.